The van der Waals surface area contributed by atoms with Crippen molar-refractivity contribution >= 4 is 16.7 Å². The minimum atomic E-state index is -2.86. The van der Waals surface area contributed by atoms with Crippen LogP contribution >= 0.6 is 0 Å². The first-order chi connectivity index (χ1) is 13.6. The number of fused-ring (bicyclic) bond motifs is 1. The molecule has 0 aliphatic heterocycles. The second kappa shape index (κ2) is 7.56. The highest BCUT2D eigenvalue weighted by Crippen LogP contribution is 2.30. The van der Waals surface area contributed by atoms with Gasteiger partial charge in [-0.2, -0.15) is 8.78 Å². The largest absolute Gasteiger partial charge is 0.435 e. The summed E-state index contributed by atoms with van der Waals surface area (Å²) in [6.07, 6.45) is 3.39. The lowest BCUT2D eigenvalue weighted by Crippen LogP contribution is -2.01. The summed E-state index contributed by atoms with van der Waals surface area (Å²) in [5.74, 6) is 1.37. The van der Waals surface area contributed by atoms with Crippen molar-refractivity contribution in [1.29, 1.82) is 0 Å². The zero-order valence-corrected chi connectivity index (χ0v) is 14.9. The van der Waals surface area contributed by atoms with Crippen LogP contribution in [0.3, 0.4) is 0 Å². The van der Waals surface area contributed by atoms with Gasteiger partial charge < -0.3 is 10.1 Å². The fourth-order valence-corrected chi connectivity index (χ4v) is 2.98. The number of benzene rings is 2. The summed E-state index contributed by atoms with van der Waals surface area (Å²) in [4.78, 5) is 13.4. The van der Waals surface area contributed by atoms with Gasteiger partial charge in [-0.15, -0.1) is 0 Å². The Hall–Kier alpha value is -3.61. The van der Waals surface area contributed by atoms with Crippen LogP contribution in [0, 0.1) is 0 Å². The van der Waals surface area contributed by atoms with Gasteiger partial charge in [-0.05, 0) is 47.5 Å². The van der Waals surface area contributed by atoms with Crippen molar-refractivity contribution in [2.24, 2.45) is 0 Å². The summed E-state index contributed by atoms with van der Waals surface area (Å²) >= 11 is 0. The van der Waals surface area contributed by atoms with Crippen LogP contribution in [-0.4, -0.2) is 28.6 Å². The quantitative estimate of drug-likeness (QED) is 0.529. The number of nitrogens with zero attached hydrogens (tertiary/aromatic N) is 3. The summed E-state index contributed by atoms with van der Waals surface area (Å²) in [6.45, 7) is -2.86. The zero-order valence-electron chi connectivity index (χ0n) is 14.9. The van der Waals surface area contributed by atoms with Crippen molar-refractivity contribution in [3.8, 4) is 28.3 Å². The van der Waals surface area contributed by atoms with Crippen molar-refractivity contribution in [3.05, 3.63) is 67.0 Å². The van der Waals surface area contributed by atoms with Crippen LogP contribution in [0.25, 0.3) is 33.4 Å². The molecule has 7 heteroatoms. The maximum absolute atomic E-state index is 12.5. The summed E-state index contributed by atoms with van der Waals surface area (Å²) in [5, 5.41) is 3.96. The van der Waals surface area contributed by atoms with Crippen molar-refractivity contribution < 1.29 is 13.5 Å². The lowest BCUT2D eigenvalue weighted by atomic mass is 10.0. The first kappa shape index (κ1) is 17.8. The Morgan fingerprint density at radius 1 is 0.929 bits per heavy atom. The van der Waals surface area contributed by atoms with E-state index in [1.807, 2.05) is 36.4 Å². The Kier molecular flexibility index (Phi) is 4.80. The number of aromatic nitrogens is 3. The van der Waals surface area contributed by atoms with Gasteiger partial charge in [0.15, 0.2) is 5.82 Å². The van der Waals surface area contributed by atoms with Gasteiger partial charge in [-0.1, -0.05) is 18.2 Å². The van der Waals surface area contributed by atoms with Crippen molar-refractivity contribution in [2.45, 2.75) is 6.61 Å². The van der Waals surface area contributed by atoms with E-state index in [0.29, 0.717) is 11.6 Å². The predicted octanol–water partition coefficient (Wildman–Crippen LogP) is 5.00. The highest BCUT2D eigenvalue weighted by atomic mass is 19.3. The van der Waals surface area contributed by atoms with E-state index in [4.69, 9.17) is 0 Å². The van der Waals surface area contributed by atoms with Gasteiger partial charge in [-0.25, -0.2) is 9.97 Å². The molecule has 4 rings (SSSR count). The van der Waals surface area contributed by atoms with Gasteiger partial charge in [0.1, 0.15) is 11.6 Å². The van der Waals surface area contributed by atoms with Crippen LogP contribution in [0.4, 0.5) is 14.6 Å². The van der Waals surface area contributed by atoms with Crippen LogP contribution in [-0.2, 0) is 0 Å². The lowest BCUT2D eigenvalue weighted by Gasteiger charge is -2.11. The number of ether oxygens (including phenoxy) is 1. The Labute approximate surface area is 160 Å². The highest BCUT2D eigenvalue weighted by molar-refractivity contribution is 5.93. The number of anilines is 1. The van der Waals surface area contributed by atoms with Crippen LogP contribution in [0.5, 0.6) is 5.75 Å². The van der Waals surface area contributed by atoms with E-state index in [0.717, 1.165) is 27.6 Å². The molecule has 2 heterocycles. The number of nitrogens with one attached hydrogen (secondary N) is 1. The summed E-state index contributed by atoms with van der Waals surface area (Å²) < 4.78 is 29.5. The Balaban J connectivity index is 1.82. The SMILES string of the molecule is CNc1nc(-c2cccnc2)nc2cc(-c3cccc(OC(F)F)c3)ccc12. The molecule has 0 spiro atoms. The molecule has 0 saturated heterocycles. The molecular formula is C21H16F2N4O. The molecule has 0 fully saturated rings. The van der Waals surface area contributed by atoms with Gasteiger partial charge in [0.05, 0.1) is 5.52 Å². The second-order valence-corrected chi connectivity index (χ2v) is 6.03. The van der Waals surface area contributed by atoms with E-state index < -0.39 is 6.61 Å². The van der Waals surface area contributed by atoms with E-state index >= 15 is 0 Å². The molecule has 0 bridgehead atoms. The normalized spacial score (nSPS) is 11.0. The maximum Gasteiger partial charge on any atom is 0.387 e. The number of rotatable bonds is 5. The van der Waals surface area contributed by atoms with Crippen LogP contribution in [0.1, 0.15) is 0 Å². The molecule has 2 aromatic carbocycles. The number of halogens is 2. The third-order valence-electron chi connectivity index (χ3n) is 4.25. The van der Waals surface area contributed by atoms with E-state index in [9.17, 15) is 8.78 Å². The smallest absolute Gasteiger partial charge is 0.387 e. The summed E-state index contributed by atoms with van der Waals surface area (Å²) in [7, 11) is 1.80. The van der Waals surface area contributed by atoms with E-state index in [1.54, 1.807) is 31.6 Å². The number of alkyl halides is 2. The van der Waals surface area contributed by atoms with Gasteiger partial charge in [0.2, 0.25) is 0 Å². The van der Waals surface area contributed by atoms with Gasteiger partial charge in [0.25, 0.3) is 0 Å². The minimum Gasteiger partial charge on any atom is -0.435 e. The van der Waals surface area contributed by atoms with Crippen LogP contribution in [0.15, 0.2) is 67.0 Å². The molecule has 0 aliphatic carbocycles. The van der Waals surface area contributed by atoms with Gasteiger partial charge >= 0.3 is 6.61 Å². The van der Waals surface area contributed by atoms with E-state index in [-0.39, 0.29) is 5.75 Å². The minimum absolute atomic E-state index is 0.113. The zero-order chi connectivity index (χ0) is 19.5. The molecule has 0 atom stereocenters. The van der Waals surface area contributed by atoms with Crippen molar-refractivity contribution in [1.82, 2.24) is 15.0 Å². The molecule has 0 unspecified atom stereocenters. The Bertz CT molecular complexity index is 1120. The van der Waals surface area contributed by atoms with Gasteiger partial charge in [-0.3, -0.25) is 4.98 Å². The summed E-state index contributed by atoms with van der Waals surface area (Å²) in [6, 6.07) is 16.0. The molecule has 0 radical (unpaired) electrons. The standard InChI is InChI=1S/C21H16F2N4O/c1-24-20-17-8-7-14(13-4-2-6-16(10-13)28-21(22)23)11-18(17)26-19(27-20)15-5-3-9-25-12-15/h2-12,21H,1H3,(H,24,26,27). The summed E-state index contributed by atoms with van der Waals surface area (Å²) in [5.41, 5.74) is 3.13. The second-order valence-electron chi connectivity index (χ2n) is 6.03. The molecule has 2 aromatic heterocycles. The highest BCUT2D eigenvalue weighted by Gasteiger charge is 2.11. The molecule has 140 valence electrons. The molecule has 28 heavy (non-hydrogen) atoms. The number of hydrogen-bond donors (Lipinski definition) is 1. The molecular weight excluding hydrogens is 362 g/mol. The Morgan fingerprint density at radius 2 is 1.75 bits per heavy atom. The molecule has 4 aromatic rings. The van der Waals surface area contributed by atoms with Crippen LogP contribution in [0.2, 0.25) is 0 Å². The molecule has 0 saturated carbocycles. The fourth-order valence-electron chi connectivity index (χ4n) is 2.98. The molecule has 0 amide bonds. The topological polar surface area (TPSA) is 59.9 Å². The first-order valence-electron chi connectivity index (χ1n) is 8.59. The molecule has 1 N–H and O–H groups in total. The average Bonchev–Trinajstić information content (AvgIpc) is 2.73. The Morgan fingerprint density at radius 3 is 2.50 bits per heavy atom. The average molecular weight is 378 g/mol. The third kappa shape index (κ3) is 3.59. The lowest BCUT2D eigenvalue weighted by molar-refractivity contribution is -0.0498. The number of pyridine rings is 1. The third-order valence-corrected chi connectivity index (χ3v) is 4.25. The van der Waals surface area contributed by atoms with E-state index in [2.05, 4.69) is 25.0 Å². The maximum atomic E-state index is 12.5. The van der Waals surface area contributed by atoms with Crippen LogP contribution < -0.4 is 10.1 Å². The monoisotopic (exact) mass is 378 g/mol. The van der Waals surface area contributed by atoms with Crippen molar-refractivity contribution in [3.63, 3.8) is 0 Å². The van der Waals surface area contributed by atoms with Gasteiger partial charge in [0, 0.05) is 30.4 Å². The first-order valence-corrected chi connectivity index (χ1v) is 8.59. The van der Waals surface area contributed by atoms with E-state index in [1.165, 1.54) is 6.07 Å². The molecule has 5 nitrogen and oxygen atoms in total. The van der Waals surface area contributed by atoms with Crippen molar-refractivity contribution in [2.75, 3.05) is 12.4 Å². The molecule has 0 aliphatic rings. The predicted molar refractivity (Wildman–Crippen MR) is 104 cm³/mol. The number of hydrogen-bond acceptors (Lipinski definition) is 5. The fraction of sp³-hybridized carbons (Fsp3) is 0.0952.